The zero-order valence-electron chi connectivity index (χ0n) is 16.7. The van der Waals surface area contributed by atoms with Crippen molar-refractivity contribution in [2.24, 2.45) is 0 Å². The lowest BCUT2D eigenvalue weighted by Crippen LogP contribution is -2.54. The second-order valence-electron chi connectivity index (χ2n) is 7.10. The predicted octanol–water partition coefficient (Wildman–Crippen LogP) is 0.701. The summed E-state index contributed by atoms with van der Waals surface area (Å²) < 4.78 is 31.7. The third-order valence-corrected chi connectivity index (χ3v) is 5.08. The molecule has 1 aromatic carbocycles. The summed E-state index contributed by atoms with van der Waals surface area (Å²) in [6.07, 6.45) is -3.70. The monoisotopic (exact) mass is 445 g/mol. The fourth-order valence-electron chi connectivity index (χ4n) is 3.39. The summed E-state index contributed by atoms with van der Waals surface area (Å²) in [4.78, 5) is 47.0. The number of hydrogen-bond acceptors (Lipinski definition) is 5. The minimum atomic E-state index is -5.08. The summed E-state index contributed by atoms with van der Waals surface area (Å²) in [5.41, 5.74) is 2.56. The van der Waals surface area contributed by atoms with E-state index in [0.717, 1.165) is 11.1 Å². The molecule has 2 heterocycles. The number of hydrogen-bond donors (Lipinski definition) is 4. The molecule has 0 radical (unpaired) electrons. The first-order chi connectivity index (χ1) is 14.4. The van der Waals surface area contributed by atoms with E-state index in [0.29, 0.717) is 24.9 Å². The van der Waals surface area contributed by atoms with Gasteiger partial charge in [0.05, 0.1) is 11.7 Å². The van der Waals surface area contributed by atoms with Crippen LogP contribution in [0, 0.1) is 0 Å². The summed E-state index contributed by atoms with van der Waals surface area (Å²) in [5.74, 6) is -4.40. The van der Waals surface area contributed by atoms with Crippen LogP contribution in [-0.4, -0.2) is 65.3 Å². The summed E-state index contributed by atoms with van der Waals surface area (Å²) in [5, 5.41) is 22.2. The Kier molecular flexibility index (Phi) is 7.26. The van der Waals surface area contributed by atoms with Crippen molar-refractivity contribution in [3.63, 3.8) is 0 Å². The summed E-state index contributed by atoms with van der Waals surface area (Å²) in [6, 6.07) is 3.63. The van der Waals surface area contributed by atoms with Crippen LogP contribution in [0.2, 0.25) is 0 Å². The van der Waals surface area contributed by atoms with Crippen molar-refractivity contribution < 1.29 is 42.6 Å². The zero-order valence-corrected chi connectivity index (χ0v) is 16.7. The van der Waals surface area contributed by atoms with E-state index in [9.17, 15) is 32.7 Å². The lowest BCUT2D eigenvalue weighted by atomic mass is 10.0. The van der Waals surface area contributed by atoms with Gasteiger partial charge >= 0.3 is 18.1 Å². The Morgan fingerprint density at radius 1 is 1.19 bits per heavy atom. The molecule has 3 rings (SSSR count). The number of carboxylic acid groups (broad SMARTS) is 2. The number of rotatable bonds is 4. The van der Waals surface area contributed by atoms with Gasteiger partial charge in [-0.05, 0) is 37.9 Å². The van der Waals surface area contributed by atoms with Crippen molar-refractivity contribution >= 4 is 29.4 Å². The van der Waals surface area contributed by atoms with Crippen LogP contribution in [0.25, 0.3) is 0 Å². The van der Waals surface area contributed by atoms with Gasteiger partial charge in [0.15, 0.2) is 0 Å². The summed E-state index contributed by atoms with van der Waals surface area (Å²) in [6.45, 7) is 1.71. The van der Waals surface area contributed by atoms with E-state index in [4.69, 9.17) is 9.90 Å². The number of benzene rings is 1. The van der Waals surface area contributed by atoms with E-state index in [2.05, 4.69) is 10.6 Å². The largest absolute Gasteiger partial charge is 0.490 e. The molecule has 9 nitrogen and oxygen atoms in total. The first kappa shape index (κ1) is 24.1. The summed E-state index contributed by atoms with van der Waals surface area (Å²) >= 11 is 0. The quantitative estimate of drug-likeness (QED) is 0.536. The van der Waals surface area contributed by atoms with Crippen LogP contribution in [0.3, 0.4) is 0 Å². The van der Waals surface area contributed by atoms with Crippen molar-refractivity contribution in [3.8, 4) is 0 Å². The van der Waals surface area contributed by atoms with Crippen molar-refractivity contribution in [2.45, 2.75) is 50.5 Å². The number of carbonyl (C=O) groups excluding carboxylic acids is 2. The molecule has 31 heavy (non-hydrogen) atoms. The first-order valence-electron chi connectivity index (χ1n) is 9.32. The highest BCUT2D eigenvalue weighted by atomic mass is 19.4. The molecule has 0 aliphatic carbocycles. The zero-order chi connectivity index (χ0) is 23.5. The molecule has 2 amide bonds. The lowest BCUT2D eigenvalue weighted by Gasteiger charge is -2.26. The standard InChI is InChI=1S/C17H21N3O4.C2HF3O2/c1-9(18-2)15(21)19-12-7-6-10-4-3-5-11-8-13(17(23)24)20(14(10)11)16(12)22;3-2(4,5)1(6)7/h3-5,9,12-13,18H,6-8H2,1-2H3,(H,19,21)(H,23,24);(H,6,7). The Labute approximate surface area is 175 Å². The maximum absolute atomic E-state index is 13.0. The number of halogens is 3. The molecule has 0 spiro atoms. The molecular formula is C19H22F3N3O6. The number of aryl methyl sites for hydroxylation is 1. The Bertz CT molecular complexity index is 889. The highest BCUT2D eigenvalue weighted by Crippen LogP contribution is 2.38. The fraction of sp³-hybridized carbons (Fsp3) is 0.474. The van der Waals surface area contributed by atoms with Gasteiger partial charge in [0.25, 0.3) is 0 Å². The number of aliphatic carboxylic acids is 2. The van der Waals surface area contributed by atoms with Gasteiger partial charge in [0.2, 0.25) is 11.8 Å². The molecule has 3 atom stereocenters. The number of para-hydroxylation sites is 1. The number of nitrogens with one attached hydrogen (secondary N) is 2. The topological polar surface area (TPSA) is 136 Å². The van der Waals surface area contributed by atoms with Crippen molar-refractivity contribution in [2.75, 3.05) is 11.9 Å². The number of alkyl halides is 3. The molecular weight excluding hydrogens is 423 g/mol. The van der Waals surface area contributed by atoms with Crippen LogP contribution in [0.1, 0.15) is 24.5 Å². The van der Waals surface area contributed by atoms with Gasteiger partial charge in [-0.1, -0.05) is 18.2 Å². The fourth-order valence-corrected chi connectivity index (χ4v) is 3.39. The highest BCUT2D eigenvalue weighted by molar-refractivity contribution is 6.06. The number of carboxylic acids is 2. The molecule has 2 aliphatic rings. The lowest BCUT2D eigenvalue weighted by molar-refractivity contribution is -0.192. The average molecular weight is 445 g/mol. The minimum Gasteiger partial charge on any atom is -0.480 e. The van der Waals surface area contributed by atoms with Crippen LogP contribution < -0.4 is 15.5 Å². The van der Waals surface area contributed by atoms with Gasteiger partial charge < -0.3 is 20.8 Å². The van der Waals surface area contributed by atoms with Crippen LogP contribution in [-0.2, 0) is 32.0 Å². The van der Waals surface area contributed by atoms with E-state index >= 15 is 0 Å². The SMILES string of the molecule is CNC(C)C(=O)NC1CCc2cccc3c2N(C1=O)C(C(=O)O)C3.O=C(O)C(F)(F)F. The number of anilines is 1. The van der Waals surface area contributed by atoms with Crippen LogP contribution in [0.4, 0.5) is 18.9 Å². The molecule has 12 heteroatoms. The predicted molar refractivity (Wildman–Crippen MR) is 102 cm³/mol. The van der Waals surface area contributed by atoms with Gasteiger partial charge in [-0.2, -0.15) is 13.2 Å². The second-order valence-corrected chi connectivity index (χ2v) is 7.10. The molecule has 0 saturated heterocycles. The third-order valence-electron chi connectivity index (χ3n) is 5.08. The number of nitrogens with zero attached hydrogens (tertiary/aromatic N) is 1. The Morgan fingerprint density at radius 2 is 1.77 bits per heavy atom. The smallest absolute Gasteiger partial charge is 0.480 e. The molecule has 2 aliphatic heterocycles. The van der Waals surface area contributed by atoms with Gasteiger partial charge in [-0.3, -0.25) is 14.5 Å². The van der Waals surface area contributed by atoms with Gasteiger partial charge in [-0.25, -0.2) is 9.59 Å². The normalized spacial score (nSPS) is 20.7. The van der Waals surface area contributed by atoms with E-state index in [-0.39, 0.29) is 11.8 Å². The summed E-state index contributed by atoms with van der Waals surface area (Å²) in [7, 11) is 1.67. The Balaban J connectivity index is 0.000000423. The van der Waals surface area contributed by atoms with Gasteiger partial charge in [0, 0.05) is 6.42 Å². The average Bonchev–Trinajstić information content (AvgIpc) is 3.03. The Hall–Kier alpha value is -3.15. The van der Waals surface area contributed by atoms with Crippen molar-refractivity contribution in [1.82, 2.24) is 10.6 Å². The molecule has 0 fully saturated rings. The van der Waals surface area contributed by atoms with Crippen molar-refractivity contribution in [3.05, 3.63) is 29.3 Å². The molecule has 3 unspecified atom stereocenters. The number of amides is 2. The number of carbonyl (C=O) groups is 4. The van der Waals surface area contributed by atoms with E-state index in [1.807, 2.05) is 18.2 Å². The Morgan fingerprint density at radius 3 is 2.29 bits per heavy atom. The molecule has 0 saturated carbocycles. The van der Waals surface area contributed by atoms with Crippen molar-refractivity contribution in [1.29, 1.82) is 0 Å². The molecule has 1 aromatic rings. The molecule has 0 aromatic heterocycles. The van der Waals surface area contributed by atoms with Gasteiger partial charge in [-0.15, -0.1) is 0 Å². The third kappa shape index (κ3) is 5.32. The highest BCUT2D eigenvalue weighted by Gasteiger charge is 2.44. The van der Waals surface area contributed by atoms with Gasteiger partial charge in [0.1, 0.15) is 12.1 Å². The van der Waals surface area contributed by atoms with E-state index in [1.54, 1.807) is 14.0 Å². The van der Waals surface area contributed by atoms with Crippen LogP contribution >= 0.6 is 0 Å². The van der Waals surface area contributed by atoms with Crippen LogP contribution in [0.15, 0.2) is 18.2 Å². The first-order valence-corrected chi connectivity index (χ1v) is 9.32. The molecule has 170 valence electrons. The van der Waals surface area contributed by atoms with Crippen LogP contribution in [0.5, 0.6) is 0 Å². The molecule has 4 N–H and O–H groups in total. The molecule has 0 bridgehead atoms. The maximum atomic E-state index is 13.0. The van der Waals surface area contributed by atoms with E-state index in [1.165, 1.54) is 4.90 Å². The second kappa shape index (κ2) is 9.33. The van der Waals surface area contributed by atoms with E-state index < -0.39 is 36.2 Å². The number of likely N-dealkylation sites (N-methyl/N-ethyl adjacent to an activating group) is 1. The minimum absolute atomic E-state index is 0.270. The maximum Gasteiger partial charge on any atom is 0.490 e.